The van der Waals surface area contributed by atoms with Crippen LogP contribution < -0.4 is 15.6 Å². The van der Waals surface area contributed by atoms with Crippen LogP contribution in [0.5, 0.6) is 5.88 Å². The summed E-state index contributed by atoms with van der Waals surface area (Å²) in [6.07, 6.45) is -2.35. The molecule has 5 N–H and O–H groups in total. The Morgan fingerprint density at radius 1 is 1.38 bits per heavy atom. The Morgan fingerprint density at radius 2 is 2.12 bits per heavy atom. The van der Waals surface area contributed by atoms with Crippen molar-refractivity contribution in [2.24, 2.45) is 0 Å². The minimum absolute atomic E-state index is 0.0751. The van der Waals surface area contributed by atoms with Gasteiger partial charge in [-0.1, -0.05) is 41.7 Å². The molecule has 0 aliphatic carbocycles. The Hall–Kier alpha value is -2.78. The largest absolute Gasteiger partial charge is 0.479 e. The van der Waals surface area contributed by atoms with Gasteiger partial charge in [-0.15, -0.1) is 0 Å². The average molecular weight is 595 g/mol. The fraction of sp³-hybridized carbons (Fsp3) is 0.500. The number of methoxy groups -OCH3 is 1. The normalized spacial score (nSPS) is 31.2. The first-order valence-corrected chi connectivity index (χ1v) is 15.8. The van der Waals surface area contributed by atoms with Crippen molar-refractivity contribution < 1.29 is 38.3 Å². The van der Waals surface area contributed by atoms with E-state index in [4.69, 9.17) is 24.5 Å². The smallest absolute Gasteiger partial charge is 0.327 e. The van der Waals surface area contributed by atoms with Crippen molar-refractivity contribution in [1.82, 2.24) is 24.6 Å². The number of aromatic nitrogens is 4. The van der Waals surface area contributed by atoms with Crippen molar-refractivity contribution in [2.45, 2.75) is 56.5 Å². The van der Waals surface area contributed by atoms with Crippen LogP contribution in [0.15, 0.2) is 36.7 Å². The standard InChI is InChI=1S/C24H31N6O8PS/c1-13(14-7-5-4-6-8-14)37-21(32)15-9-10-40-39(34,29-15)36-11-16-18(31)24(2,33)22(38-16)30-12-26-17-19(30)27-23(25)28-20(17)35-3/h4-8,12-13,15-16,18,22,31,33H,9-11H2,1-3H3,(H,29,34)(H2,25,27,28)/t13-,15?,16-,18-,22-,24-,39?/m1/s1. The van der Waals surface area contributed by atoms with Crippen molar-refractivity contribution in [2.75, 3.05) is 25.2 Å². The van der Waals surface area contributed by atoms with Crippen molar-refractivity contribution in [1.29, 1.82) is 0 Å². The summed E-state index contributed by atoms with van der Waals surface area (Å²) in [7, 11) is 1.41. The molecule has 1 aromatic carbocycles. The second-order valence-corrected chi connectivity index (χ2v) is 14.1. The van der Waals surface area contributed by atoms with E-state index in [-0.39, 0.29) is 29.6 Å². The van der Waals surface area contributed by atoms with Crippen LogP contribution >= 0.6 is 18.1 Å². The molecule has 2 aromatic heterocycles. The lowest BCUT2D eigenvalue weighted by atomic mass is 9.96. The number of nitrogens with zero attached hydrogens (tertiary/aromatic N) is 4. The maximum atomic E-state index is 13.5. The number of hydrogen-bond donors (Lipinski definition) is 4. The van der Waals surface area contributed by atoms with Crippen LogP contribution in [0.4, 0.5) is 5.95 Å². The highest BCUT2D eigenvalue weighted by Gasteiger charge is 2.54. The van der Waals surface area contributed by atoms with Crippen molar-refractivity contribution in [3.63, 3.8) is 0 Å². The number of carbonyl (C=O) groups excluding carboxylic acids is 1. The number of fused-ring (bicyclic) bond motifs is 1. The zero-order chi connectivity index (χ0) is 28.7. The molecule has 216 valence electrons. The average Bonchev–Trinajstić information content (AvgIpc) is 3.45. The Kier molecular flexibility index (Phi) is 8.08. The Balaban J connectivity index is 1.25. The molecular weight excluding hydrogens is 563 g/mol. The summed E-state index contributed by atoms with van der Waals surface area (Å²) in [6.45, 7) is -0.748. The minimum Gasteiger partial charge on any atom is -0.479 e. The third-order valence-electron chi connectivity index (χ3n) is 6.84. The van der Waals surface area contributed by atoms with Crippen molar-refractivity contribution >= 4 is 41.2 Å². The second-order valence-electron chi connectivity index (χ2n) is 9.70. The first-order chi connectivity index (χ1) is 19.0. The molecule has 2 aliphatic heterocycles. The summed E-state index contributed by atoms with van der Waals surface area (Å²) in [5.41, 5.74) is 5.34. The van der Waals surface area contributed by atoms with Gasteiger partial charge in [0.2, 0.25) is 11.8 Å². The first-order valence-electron chi connectivity index (χ1n) is 12.5. The molecule has 2 saturated heterocycles. The molecule has 2 aliphatic rings. The maximum absolute atomic E-state index is 13.5. The van der Waals surface area contributed by atoms with Gasteiger partial charge in [0, 0.05) is 5.75 Å². The summed E-state index contributed by atoms with van der Waals surface area (Å²) >= 11 is 1.05. The number of imidazole rings is 1. The zero-order valence-corrected chi connectivity index (χ0v) is 23.7. The molecule has 5 rings (SSSR count). The summed E-state index contributed by atoms with van der Waals surface area (Å²) < 4.78 is 37.4. The topological polar surface area (TPSA) is 193 Å². The molecule has 7 atom stereocenters. The van der Waals surface area contributed by atoms with E-state index in [0.29, 0.717) is 12.2 Å². The van der Waals surface area contributed by atoms with Crippen LogP contribution in [0.25, 0.3) is 11.2 Å². The number of rotatable bonds is 8. The SMILES string of the molecule is COc1nc(N)nc2c1ncn2[C@@H]1O[C@H](COP2(=O)NC(C(=O)O[C@H](C)c3ccccc3)CCS2)[C@@H](O)[C@@]1(C)O. The van der Waals surface area contributed by atoms with Gasteiger partial charge in [-0.2, -0.15) is 9.97 Å². The lowest BCUT2D eigenvalue weighted by molar-refractivity contribution is -0.150. The highest BCUT2D eigenvalue weighted by molar-refractivity contribution is 8.56. The van der Waals surface area contributed by atoms with Gasteiger partial charge in [0.1, 0.15) is 30.0 Å². The van der Waals surface area contributed by atoms with Crippen LogP contribution in [0.1, 0.15) is 38.2 Å². The number of hydrogen-bond acceptors (Lipinski definition) is 13. The van der Waals surface area contributed by atoms with E-state index in [1.165, 1.54) is 24.9 Å². The summed E-state index contributed by atoms with van der Waals surface area (Å²) in [6, 6.07) is 8.46. The molecule has 2 unspecified atom stereocenters. The van der Waals surface area contributed by atoms with Crippen LogP contribution in [-0.2, 0) is 23.4 Å². The maximum Gasteiger partial charge on any atom is 0.327 e. The van der Waals surface area contributed by atoms with E-state index < -0.39 is 48.9 Å². The quantitative estimate of drug-likeness (QED) is 0.218. The van der Waals surface area contributed by atoms with Gasteiger partial charge in [-0.3, -0.25) is 13.9 Å². The molecule has 16 heteroatoms. The lowest BCUT2D eigenvalue weighted by Crippen LogP contribution is -2.44. The molecule has 3 aromatic rings. The number of carbonyl (C=O) groups is 1. The highest BCUT2D eigenvalue weighted by atomic mass is 32.7. The third-order valence-corrected chi connectivity index (χ3v) is 10.9. The van der Waals surface area contributed by atoms with Gasteiger partial charge in [0.05, 0.1) is 20.0 Å². The zero-order valence-electron chi connectivity index (χ0n) is 22.0. The van der Waals surface area contributed by atoms with E-state index in [0.717, 1.165) is 16.9 Å². The van der Waals surface area contributed by atoms with Crippen molar-refractivity contribution in [3.8, 4) is 5.88 Å². The van der Waals surface area contributed by atoms with Gasteiger partial charge >= 0.3 is 12.7 Å². The number of nitrogens with one attached hydrogen (secondary N) is 1. The molecule has 0 spiro atoms. The number of ether oxygens (including phenoxy) is 3. The predicted molar refractivity (Wildman–Crippen MR) is 145 cm³/mol. The molecule has 0 bridgehead atoms. The molecule has 0 amide bonds. The number of benzene rings is 1. The number of nitrogen functional groups attached to an aromatic ring is 1. The number of anilines is 1. The molecule has 0 saturated carbocycles. The molecule has 14 nitrogen and oxygen atoms in total. The molecule has 40 heavy (non-hydrogen) atoms. The number of nitrogens with two attached hydrogens (primary N) is 1. The molecule has 2 fully saturated rings. The monoisotopic (exact) mass is 594 g/mol. The number of aliphatic hydroxyl groups is 2. The van der Waals surface area contributed by atoms with Crippen LogP contribution in [0.2, 0.25) is 0 Å². The van der Waals surface area contributed by atoms with E-state index in [9.17, 15) is 19.6 Å². The molecule has 4 heterocycles. The van der Waals surface area contributed by atoms with Crippen LogP contribution in [-0.4, -0.2) is 79.0 Å². The Labute approximate surface area is 233 Å². The lowest BCUT2D eigenvalue weighted by Gasteiger charge is -2.30. The fourth-order valence-corrected chi connectivity index (χ4v) is 8.46. The van der Waals surface area contributed by atoms with Crippen LogP contribution in [0, 0.1) is 0 Å². The summed E-state index contributed by atoms with van der Waals surface area (Å²) in [5, 5.41) is 24.9. The van der Waals surface area contributed by atoms with Gasteiger partial charge < -0.3 is 34.7 Å². The van der Waals surface area contributed by atoms with Crippen molar-refractivity contribution in [3.05, 3.63) is 42.2 Å². The van der Waals surface area contributed by atoms with E-state index in [1.807, 2.05) is 30.3 Å². The number of esters is 1. The van der Waals surface area contributed by atoms with E-state index in [1.54, 1.807) is 6.92 Å². The van der Waals surface area contributed by atoms with E-state index in [2.05, 4.69) is 20.0 Å². The molecular formula is C24H31N6O8PS. The molecule has 0 radical (unpaired) electrons. The fourth-order valence-electron chi connectivity index (χ4n) is 4.65. The summed E-state index contributed by atoms with van der Waals surface area (Å²) in [4.78, 5) is 25.2. The Bertz CT molecular complexity index is 1430. The minimum atomic E-state index is -3.58. The highest BCUT2D eigenvalue weighted by Crippen LogP contribution is 2.59. The first kappa shape index (κ1) is 28.7. The van der Waals surface area contributed by atoms with Gasteiger partial charge in [0.15, 0.2) is 17.4 Å². The number of aliphatic hydroxyl groups excluding tert-OH is 1. The second kappa shape index (κ2) is 11.2. The summed E-state index contributed by atoms with van der Waals surface area (Å²) in [5.74, 6) is -0.0791. The van der Waals surface area contributed by atoms with E-state index >= 15 is 0 Å². The predicted octanol–water partition coefficient (Wildman–Crippen LogP) is 1.95. The van der Waals surface area contributed by atoms with Gasteiger partial charge in [-0.25, -0.2) is 10.1 Å². The van der Waals surface area contributed by atoms with Crippen LogP contribution in [0.3, 0.4) is 0 Å². The van der Waals surface area contributed by atoms with Gasteiger partial charge in [-0.05, 0) is 25.8 Å². The van der Waals surface area contributed by atoms with Gasteiger partial charge in [0.25, 0.3) is 0 Å². The Morgan fingerprint density at radius 3 is 2.85 bits per heavy atom. The third kappa shape index (κ3) is 5.55.